The fourth-order valence-corrected chi connectivity index (χ4v) is 5.30. The zero-order valence-electron chi connectivity index (χ0n) is 13.7. The monoisotopic (exact) mass is 348 g/mol. The van der Waals surface area contributed by atoms with Gasteiger partial charge in [0.2, 0.25) is 5.91 Å². The van der Waals surface area contributed by atoms with Gasteiger partial charge in [-0.05, 0) is 37.3 Å². The highest BCUT2D eigenvalue weighted by Gasteiger charge is 2.26. The Balaban J connectivity index is 1.57. The first-order chi connectivity index (χ1) is 11.1. The molecule has 3 atom stereocenters. The van der Waals surface area contributed by atoms with Gasteiger partial charge in [-0.2, -0.15) is 0 Å². The first kappa shape index (κ1) is 16.9. The van der Waals surface area contributed by atoms with Gasteiger partial charge in [0.25, 0.3) is 0 Å². The van der Waals surface area contributed by atoms with Crippen LogP contribution in [0.2, 0.25) is 0 Å². The maximum Gasteiger partial charge on any atom is 0.233 e. The Morgan fingerprint density at radius 1 is 1.35 bits per heavy atom. The van der Waals surface area contributed by atoms with E-state index in [4.69, 9.17) is 4.99 Å². The summed E-state index contributed by atoms with van der Waals surface area (Å²) in [5.74, 6) is 1.69. The Labute approximate surface area is 147 Å². The molecule has 1 fully saturated rings. The normalized spacial score (nSPS) is 25.2. The van der Waals surface area contributed by atoms with Crippen molar-refractivity contribution in [2.24, 2.45) is 10.9 Å². The molecule has 124 valence electrons. The van der Waals surface area contributed by atoms with Crippen molar-refractivity contribution in [3.05, 3.63) is 29.8 Å². The minimum atomic E-state index is -0.0966. The van der Waals surface area contributed by atoms with Crippen LogP contribution in [-0.2, 0) is 10.5 Å². The first-order valence-corrected chi connectivity index (χ1v) is 10.3. The van der Waals surface area contributed by atoms with Crippen LogP contribution in [0, 0.1) is 5.92 Å². The summed E-state index contributed by atoms with van der Waals surface area (Å²) in [6.45, 7) is 4.23. The number of rotatable bonds is 3. The lowest BCUT2D eigenvalue weighted by atomic mass is 9.86. The van der Waals surface area contributed by atoms with Crippen LogP contribution in [0.3, 0.4) is 0 Å². The molecule has 0 bridgehead atoms. The largest absolute Gasteiger partial charge is 0.352 e. The second-order valence-electron chi connectivity index (χ2n) is 6.43. The minimum Gasteiger partial charge on any atom is -0.352 e. The van der Waals surface area contributed by atoms with Gasteiger partial charge < -0.3 is 5.32 Å². The maximum atomic E-state index is 12.5. The van der Waals surface area contributed by atoms with E-state index in [1.54, 1.807) is 23.5 Å². The van der Waals surface area contributed by atoms with E-state index in [1.807, 2.05) is 19.1 Å². The standard InChI is InChI=1S/C18H24N2OS2/c1-12-7-3-5-9-15(12)19-17(21)13(2)23-18-20-16-10-6-4-8-14(16)11-22-18/h4,6,8,10,12-13,15H,3,5,7,9,11H2,1-2H3,(H,19,21). The molecule has 0 radical (unpaired) electrons. The number of nitrogens with zero attached hydrogens (tertiary/aromatic N) is 1. The fraction of sp³-hybridized carbons (Fsp3) is 0.556. The number of para-hydroxylation sites is 1. The number of aliphatic imine (C=N–C) groups is 1. The summed E-state index contributed by atoms with van der Waals surface area (Å²) in [5, 5.41) is 3.16. The van der Waals surface area contributed by atoms with Crippen molar-refractivity contribution in [3.8, 4) is 0 Å². The molecule has 3 nitrogen and oxygen atoms in total. The lowest BCUT2D eigenvalue weighted by Gasteiger charge is -2.30. The van der Waals surface area contributed by atoms with Crippen molar-refractivity contribution < 1.29 is 4.79 Å². The molecule has 1 aliphatic heterocycles. The molecule has 5 heteroatoms. The van der Waals surface area contributed by atoms with Gasteiger partial charge in [-0.3, -0.25) is 4.79 Å². The quantitative estimate of drug-likeness (QED) is 0.858. The molecule has 3 unspecified atom stereocenters. The Morgan fingerprint density at radius 2 is 2.13 bits per heavy atom. The highest BCUT2D eigenvalue weighted by molar-refractivity contribution is 8.39. The minimum absolute atomic E-state index is 0.0966. The molecule has 1 aromatic rings. The average Bonchev–Trinajstić information content (AvgIpc) is 2.56. The van der Waals surface area contributed by atoms with Gasteiger partial charge >= 0.3 is 0 Å². The molecule has 1 N–H and O–H groups in total. The Morgan fingerprint density at radius 3 is 2.96 bits per heavy atom. The second-order valence-corrected chi connectivity index (χ2v) is 8.98. The predicted octanol–water partition coefficient (Wildman–Crippen LogP) is 4.74. The van der Waals surface area contributed by atoms with E-state index in [2.05, 4.69) is 24.4 Å². The first-order valence-electron chi connectivity index (χ1n) is 8.40. The van der Waals surface area contributed by atoms with Crippen LogP contribution < -0.4 is 5.32 Å². The molecule has 0 spiro atoms. The number of hydrogen-bond acceptors (Lipinski definition) is 4. The fourth-order valence-electron chi connectivity index (χ4n) is 3.11. The van der Waals surface area contributed by atoms with E-state index in [9.17, 15) is 4.79 Å². The van der Waals surface area contributed by atoms with Gasteiger partial charge in [0.1, 0.15) is 4.38 Å². The third-order valence-electron chi connectivity index (χ3n) is 4.64. The van der Waals surface area contributed by atoms with Crippen molar-refractivity contribution in [1.82, 2.24) is 5.32 Å². The third kappa shape index (κ3) is 4.32. The Bertz CT molecular complexity index is 602. The number of carbonyl (C=O) groups is 1. The van der Waals surface area contributed by atoms with Gasteiger partial charge in [-0.15, -0.1) is 0 Å². The van der Waals surface area contributed by atoms with E-state index in [0.717, 1.165) is 22.2 Å². The lowest BCUT2D eigenvalue weighted by Crippen LogP contribution is -2.44. The van der Waals surface area contributed by atoms with Crippen molar-refractivity contribution in [3.63, 3.8) is 0 Å². The van der Waals surface area contributed by atoms with Gasteiger partial charge in [-0.1, -0.05) is 61.5 Å². The van der Waals surface area contributed by atoms with Crippen LogP contribution >= 0.6 is 23.5 Å². The summed E-state index contributed by atoms with van der Waals surface area (Å²) in [5.41, 5.74) is 2.32. The van der Waals surface area contributed by atoms with E-state index in [0.29, 0.717) is 12.0 Å². The van der Waals surface area contributed by atoms with Gasteiger partial charge in [0, 0.05) is 11.8 Å². The number of carbonyl (C=O) groups excluding carboxylic acids is 1. The highest BCUT2D eigenvalue weighted by Crippen LogP contribution is 2.36. The molecule has 23 heavy (non-hydrogen) atoms. The van der Waals surface area contributed by atoms with Crippen LogP contribution in [-0.4, -0.2) is 21.6 Å². The molecule has 1 saturated carbocycles. The zero-order valence-corrected chi connectivity index (χ0v) is 15.4. The topological polar surface area (TPSA) is 41.5 Å². The molecule has 2 aliphatic rings. The van der Waals surface area contributed by atoms with Gasteiger partial charge in [-0.25, -0.2) is 4.99 Å². The van der Waals surface area contributed by atoms with E-state index in [-0.39, 0.29) is 11.2 Å². The summed E-state index contributed by atoms with van der Waals surface area (Å²) in [7, 11) is 0. The second kappa shape index (κ2) is 7.75. The predicted molar refractivity (Wildman–Crippen MR) is 101 cm³/mol. The SMILES string of the molecule is CC(SC1=Nc2ccccc2CS1)C(=O)NC1CCCCC1C. The van der Waals surface area contributed by atoms with Crippen LogP contribution in [0.1, 0.15) is 45.1 Å². The molecule has 1 heterocycles. The Kier molecular flexibility index (Phi) is 5.70. The molecule has 1 aliphatic carbocycles. The van der Waals surface area contributed by atoms with Crippen molar-refractivity contribution in [1.29, 1.82) is 0 Å². The number of hydrogen-bond donors (Lipinski definition) is 1. The lowest BCUT2D eigenvalue weighted by molar-refractivity contribution is -0.121. The van der Waals surface area contributed by atoms with Crippen LogP contribution in [0.15, 0.2) is 29.3 Å². The maximum absolute atomic E-state index is 12.5. The van der Waals surface area contributed by atoms with Gasteiger partial charge in [0.15, 0.2) is 0 Å². The molecule has 1 aromatic carbocycles. The molecule has 1 amide bonds. The zero-order chi connectivity index (χ0) is 16.2. The number of nitrogens with one attached hydrogen (secondary N) is 1. The molecule has 3 rings (SSSR count). The van der Waals surface area contributed by atoms with Crippen LogP contribution in [0.4, 0.5) is 5.69 Å². The van der Waals surface area contributed by atoms with Crippen LogP contribution in [0.5, 0.6) is 0 Å². The number of benzene rings is 1. The number of fused-ring (bicyclic) bond motifs is 1. The third-order valence-corrected chi connectivity index (χ3v) is 6.94. The summed E-state index contributed by atoms with van der Waals surface area (Å²) in [6.07, 6.45) is 4.88. The van der Waals surface area contributed by atoms with Gasteiger partial charge in [0.05, 0.1) is 10.9 Å². The average molecular weight is 349 g/mol. The van der Waals surface area contributed by atoms with Crippen molar-refractivity contribution in [2.45, 2.75) is 56.6 Å². The smallest absolute Gasteiger partial charge is 0.233 e. The number of thioether (sulfide) groups is 2. The molecular formula is C18H24N2OS2. The Hall–Kier alpha value is -0.940. The summed E-state index contributed by atoms with van der Waals surface area (Å²) in [6, 6.07) is 8.58. The molecule has 0 saturated heterocycles. The van der Waals surface area contributed by atoms with E-state index >= 15 is 0 Å². The molecular weight excluding hydrogens is 324 g/mol. The summed E-state index contributed by atoms with van der Waals surface area (Å²) in [4.78, 5) is 17.2. The van der Waals surface area contributed by atoms with E-state index in [1.165, 1.54) is 24.8 Å². The summed E-state index contributed by atoms with van der Waals surface area (Å²) >= 11 is 3.31. The van der Waals surface area contributed by atoms with Crippen molar-refractivity contribution >= 4 is 39.5 Å². The van der Waals surface area contributed by atoms with Crippen molar-refractivity contribution in [2.75, 3.05) is 0 Å². The summed E-state index contributed by atoms with van der Waals surface area (Å²) < 4.78 is 1.00. The highest BCUT2D eigenvalue weighted by atomic mass is 32.2. The van der Waals surface area contributed by atoms with E-state index < -0.39 is 0 Å². The molecule has 0 aromatic heterocycles. The van der Waals surface area contributed by atoms with Crippen LogP contribution in [0.25, 0.3) is 0 Å². The number of amides is 1.